The summed E-state index contributed by atoms with van der Waals surface area (Å²) in [6, 6.07) is 0. The zero-order valence-electron chi connectivity index (χ0n) is 5.73. The van der Waals surface area contributed by atoms with Gasteiger partial charge in [-0.05, 0) is 12.0 Å². The van der Waals surface area contributed by atoms with Crippen LogP contribution in [-0.2, 0) is 4.18 Å². The topological polar surface area (TPSA) is 69.9 Å². The maximum Gasteiger partial charge on any atom is 0.107 e. The third kappa shape index (κ3) is 4.08. The number of aliphatic hydroxyl groups is 3. The first kappa shape index (κ1) is 10.2. The van der Waals surface area contributed by atoms with Crippen molar-refractivity contribution in [2.45, 2.75) is 12.2 Å². The largest absolute Gasteiger partial charge is 0.394 e. The molecule has 0 fully saturated rings. The van der Waals surface area contributed by atoms with Crippen LogP contribution in [0.4, 0.5) is 0 Å². The summed E-state index contributed by atoms with van der Waals surface area (Å²) >= 11 is 1.11. The van der Waals surface area contributed by atoms with Gasteiger partial charge in [0.15, 0.2) is 0 Å². The van der Waals surface area contributed by atoms with E-state index in [0.717, 1.165) is 12.0 Å². The van der Waals surface area contributed by atoms with Gasteiger partial charge < -0.3 is 19.5 Å². The van der Waals surface area contributed by atoms with Crippen LogP contribution in [0.5, 0.6) is 0 Å². The van der Waals surface area contributed by atoms with Crippen LogP contribution < -0.4 is 0 Å². The summed E-state index contributed by atoms with van der Waals surface area (Å²) in [5.74, 6) is 0. The van der Waals surface area contributed by atoms with E-state index in [1.807, 2.05) is 0 Å². The molecule has 0 amide bonds. The minimum Gasteiger partial charge on any atom is -0.394 e. The summed E-state index contributed by atoms with van der Waals surface area (Å²) in [6.07, 6.45) is -0.400. The quantitative estimate of drug-likeness (QED) is 0.459. The van der Waals surface area contributed by atoms with Gasteiger partial charge in [0.2, 0.25) is 0 Å². The molecular weight excluding hydrogens is 156 g/mol. The highest BCUT2D eigenvalue weighted by atomic mass is 32.2. The van der Waals surface area contributed by atoms with Crippen LogP contribution >= 0.6 is 12.0 Å². The molecule has 10 heavy (non-hydrogen) atoms. The van der Waals surface area contributed by atoms with Crippen molar-refractivity contribution in [3.05, 3.63) is 0 Å². The van der Waals surface area contributed by atoms with E-state index < -0.39 is 18.8 Å². The zero-order valence-corrected chi connectivity index (χ0v) is 6.54. The molecule has 5 heteroatoms. The first-order valence-electron chi connectivity index (χ1n) is 2.85. The minimum absolute atomic E-state index is 0.0306. The van der Waals surface area contributed by atoms with E-state index in [1.54, 1.807) is 6.26 Å². The number of aliphatic hydroxyl groups excluding tert-OH is 3. The Bertz CT molecular complexity index is 80.0. The lowest BCUT2D eigenvalue weighted by atomic mass is 10.2. The Balaban J connectivity index is 3.31. The molecule has 62 valence electrons. The Hall–Kier alpha value is 0.190. The molecule has 0 spiro atoms. The van der Waals surface area contributed by atoms with E-state index in [9.17, 15) is 0 Å². The standard InChI is InChI=1S/C5H12O4S/c1-10-9-3-5(8)4(7)2-6/h4-8H,2-3H2,1H3. The van der Waals surface area contributed by atoms with Crippen molar-refractivity contribution in [1.82, 2.24) is 0 Å². The number of hydrogen-bond acceptors (Lipinski definition) is 5. The maximum atomic E-state index is 8.90. The normalized spacial score (nSPS) is 16.8. The summed E-state index contributed by atoms with van der Waals surface area (Å²) in [6.45, 7) is -0.415. The fourth-order valence-electron chi connectivity index (χ4n) is 0.371. The van der Waals surface area contributed by atoms with Gasteiger partial charge in [-0.3, -0.25) is 0 Å². The molecule has 3 N–H and O–H groups in total. The fraction of sp³-hybridized carbons (Fsp3) is 1.00. The Morgan fingerprint density at radius 1 is 1.40 bits per heavy atom. The first-order chi connectivity index (χ1) is 4.72. The molecule has 0 rings (SSSR count). The third-order valence-electron chi connectivity index (χ3n) is 0.988. The summed E-state index contributed by atoms with van der Waals surface area (Å²) in [5, 5.41) is 26.0. The molecule has 2 atom stereocenters. The fourth-order valence-corrected chi connectivity index (χ4v) is 0.646. The summed E-state index contributed by atoms with van der Waals surface area (Å²) in [7, 11) is 0. The van der Waals surface area contributed by atoms with Crippen LogP contribution in [-0.4, -0.2) is 47.0 Å². The van der Waals surface area contributed by atoms with E-state index in [1.165, 1.54) is 0 Å². The highest BCUT2D eigenvalue weighted by Gasteiger charge is 2.14. The first-order valence-corrected chi connectivity index (χ1v) is 4.00. The average molecular weight is 168 g/mol. The Labute approximate surface area is 64.0 Å². The van der Waals surface area contributed by atoms with Crippen LogP contribution in [0.25, 0.3) is 0 Å². The molecule has 0 heterocycles. The van der Waals surface area contributed by atoms with E-state index in [2.05, 4.69) is 0 Å². The van der Waals surface area contributed by atoms with Gasteiger partial charge in [0.1, 0.15) is 12.2 Å². The lowest BCUT2D eigenvalue weighted by Crippen LogP contribution is -2.32. The highest BCUT2D eigenvalue weighted by Crippen LogP contribution is 1.99. The third-order valence-corrected chi connectivity index (χ3v) is 1.36. The van der Waals surface area contributed by atoms with E-state index in [4.69, 9.17) is 19.5 Å². The van der Waals surface area contributed by atoms with E-state index >= 15 is 0 Å². The molecule has 2 unspecified atom stereocenters. The van der Waals surface area contributed by atoms with Crippen molar-refractivity contribution in [1.29, 1.82) is 0 Å². The van der Waals surface area contributed by atoms with Gasteiger partial charge in [0.25, 0.3) is 0 Å². The van der Waals surface area contributed by atoms with Gasteiger partial charge >= 0.3 is 0 Å². The van der Waals surface area contributed by atoms with Crippen LogP contribution in [0.1, 0.15) is 0 Å². The van der Waals surface area contributed by atoms with Gasteiger partial charge in [0.05, 0.1) is 13.2 Å². The minimum atomic E-state index is -1.10. The molecule has 0 aliphatic carbocycles. The molecule has 0 aliphatic rings. The molecule has 0 bridgehead atoms. The molecule has 0 saturated carbocycles. The zero-order chi connectivity index (χ0) is 7.98. The van der Waals surface area contributed by atoms with Gasteiger partial charge in [-0.25, -0.2) is 0 Å². The van der Waals surface area contributed by atoms with E-state index in [0.29, 0.717) is 0 Å². The van der Waals surface area contributed by atoms with Crippen molar-refractivity contribution in [2.24, 2.45) is 0 Å². The average Bonchev–Trinajstić information content (AvgIpc) is 1.98. The van der Waals surface area contributed by atoms with Crippen molar-refractivity contribution in [3.63, 3.8) is 0 Å². The van der Waals surface area contributed by atoms with Gasteiger partial charge in [-0.15, -0.1) is 0 Å². The number of rotatable bonds is 5. The van der Waals surface area contributed by atoms with E-state index in [-0.39, 0.29) is 6.61 Å². The summed E-state index contributed by atoms with van der Waals surface area (Å²) in [5.41, 5.74) is 0. The lowest BCUT2D eigenvalue weighted by molar-refractivity contribution is -0.0309. The Morgan fingerprint density at radius 2 is 2.00 bits per heavy atom. The predicted octanol–water partition coefficient (Wildman–Crippen LogP) is -1.00. The summed E-state index contributed by atoms with van der Waals surface area (Å²) in [4.78, 5) is 0. The van der Waals surface area contributed by atoms with Crippen molar-refractivity contribution in [2.75, 3.05) is 19.5 Å². The van der Waals surface area contributed by atoms with Gasteiger partial charge in [-0.2, -0.15) is 0 Å². The van der Waals surface area contributed by atoms with Crippen LogP contribution in [0.3, 0.4) is 0 Å². The Kier molecular flexibility index (Phi) is 6.05. The van der Waals surface area contributed by atoms with Crippen molar-refractivity contribution in [3.8, 4) is 0 Å². The van der Waals surface area contributed by atoms with Crippen molar-refractivity contribution < 1.29 is 19.5 Å². The Morgan fingerprint density at radius 3 is 2.40 bits per heavy atom. The molecule has 0 aromatic heterocycles. The van der Waals surface area contributed by atoms with Crippen molar-refractivity contribution >= 4 is 12.0 Å². The molecule has 0 aromatic rings. The summed E-state index contributed by atoms with van der Waals surface area (Å²) < 4.78 is 4.71. The van der Waals surface area contributed by atoms with Crippen LogP contribution in [0.15, 0.2) is 0 Å². The SMILES string of the molecule is CSOCC(O)C(O)CO. The monoisotopic (exact) mass is 168 g/mol. The highest BCUT2D eigenvalue weighted by molar-refractivity contribution is 7.93. The number of hydrogen-bond donors (Lipinski definition) is 3. The molecule has 4 nitrogen and oxygen atoms in total. The lowest BCUT2D eigenvalue weighted by Gasteiger charge is -2.13. The molecule has 0 aromatic carbocycles. The van der Waals surface area contributed by atoms with Gasteiger partial charge in [0, 0.05) is 6.26 Å². The second-order valence-electron chi connectivity index (χ2n) is 1.77. The maximum absolute atomic E-state index is 8.90. The smallest absolute Gasteiger partial charge is 0.107 e. The second-order valence-corrected chi connectivity index (χ2v) is 2.34. The molecule has 0 radical (unpaired) electrons. The second kappa shape index (κ2) is 5.94. The van der Waals surface area contributed by atoms with Gasteiger partial charge in [-0.1, -0.05) is 0 Å². The predicted molar refractivity (Wildman–Crippen MR) is 38.6 cm³/mol. The molecule has 0 saturated heterocycles. The molecular formula is C5H12O4S. The van der Waals surface area contributed by atoms with Crippen LogP contribution in [0.2, 0.25) is 0 Å². The molecule has 0 aliphatic heterocycles. The van der Waals surface area contributed by atoms with Crippen LogP contribution in [0, 0.1) is 0 Å².